The van der Waals surface area contributed by atoms with E-state index >= 15 is 0 Å². The van der Waals surface area contributed by atoms with Crippen LogP contribution in [0.15, 0.2) is 41.9 Å². The number of rotatable bonds is 5. The third-order valence-electron chi connectivity index (χ3n) is 3.82. The van der Waals surface area contributed by atoms with E-state index in [2.05, 4.69) is 46.8 Å². The van der Waals surface area contributed by atoms with Crippen molar-refractivity contribution in [2.45, 2.75) is 26.3 Å². The van der Waals surface area contributed by atoms with Crippen LogP contribution in [0.25, 0.3) is 10.6 Å². The highest BCUT2D eigenvalue weighted by atomic mass is 32.1. The maximum absolute atomic E-state index is 12.1. The first kappa shape index (κ1) is 16.4. The second kappa shape index (κ2) is 6.97. The lowest BCUT2D eigenvalue weighted by Crippen LogP contribution is -2.25. The number of benzene rings is 1. The van der Waals surface area contributed by atoms with Crippen LogP contribution in [0.5, 0.6) is 0 Å². The standard InChI is InChI=1S/C18H20N4OS/c1-12(2)15-11-24-18(21-15)14-6-4-13(5-7-14)10-19-17(23)16-8-9-20-22(16)3/h4-9,11-12H,10H2,1-3H3,(H,19,23). The maximum atomic E-state index is 12.1. The predicted octanol–water partition coefficient (Wildman–Crippen LogP) is 3.60. The molecule has 0 aliphatic heterocycles. The first-order valence-corrected chi connectivity index (χ1v) is 8.73. The van der Waals surface area contributed by atoms with Crippen LogP contribution in [0, 0.1) is 0 Å². The molecule has 0 saturated heterocycles. The molecular weight excluding hydrogens is 320 g/mol. The van der Waals surface area contributed by atoms with Gasteiger partial charge in [0.05, 0.1) is 5.69 Å². The Kier molecular flexibility index (Phi) is 4.76. The van der Waals surface area contributed by atoms with E-state index in [1.165, 1.54) is 0 Å². The number of thiazole rings is 1. The van der Waals surface area contributed by atoms with Crippen molar-refractivity contribution in [1.82, 2.24) is 20.1 Å². The smallest absolute Gasteiger partial charge is 0.269 e. The SMILES string of the molecule is CC(C)c1csc(-c2ccc(CNC(=O)c3ccnn3C)cc2)n1. The predicted molar refractivity (Wildman–Crippen MR) is 96.0 cm³/mol. The van der Waals surface area contributed by atoms with Crippen LogP contribution in [0.2, 0.25) is 0 Å². The van der Waals surface area contributed by atoms with Crippen LogP contribution in [-0.2, 0) is 13.6 Å². The van der Waals surface area contributed by atoms with Gasteiger partial charge < -0.3 is 5.32 Å². The molecule has 3 rings (SSSR count). The van der Waals surface area contributed by atoms with Crippen molar-refractivity contribution < 1.29 is 4.79 Å². The number of nitrogens with zero attached hydrogens (tertiary/aromatic N) is 3. The molecule has 2 heterocycles. The van der Waals surface area contributed by atoms with Crippen LogP contribution >= 0.6 is 11.3 Å². The zero-order valence-corrected chi connectivity index (χ0v) is 14.8. The Morgan fingerprint density at radius 3 is 2.58 bits per heavy atom. The summed E-state index contributed by atoms with van der Waals surface area (Å²) in [5, 5.41) is 10.1. The Bertz CT molecular complexity index is 833. The van der Waals surface area contributed by atoms with Crippen LogP contribution in [0.1, 0.15) is 41.5 Å². The first-order valence-electron chi connectivity index (χ1n) is 7.85. The average molecular weight is 340 g/mol. The monoisotopic (exact) mass is 340 g/mol. The number of aromatic nitrogens is 3. The molecule has 1 N–H and O–H groups in total. The molecule has 0 fully saturated rings. The molecule has 2 aromatic heterocycles. The Balaban J connectivity index is 1.64. The molecular formula is C18H20N4OS. The Morgan fingerprint density at radius 2 is 2.00 bits per heavy atom. The molecule has 0 unspecified atom stereocenters. The summed E-state index contributed by atoms with van der Waals surface area (Å²) in [5.41, 5.74) is 3.83. The topological polar surface area (TPSA) is 59.8 Å². The summed E-state index contributed by atoms with van der Waals surface area (Å²) >= 11 is 1.66. The average Bonchev–Trinajstić information content (AvgIpc) is 3.22. The highest BCUT2D eigenvalue weighted by molar-refractivity contribution is 7.13. The van der Waals surface area contributed by atoms with Crippen molar-refractivity contribution in [3.63, 3.8) is 0 Å². The van der Waals surface area contributed by atoms with Crippen LogP contribution < -0.4 is 5.32 Å². The lowest BCUT2D eigenvalue weighted by atomic mass is 10.1. The molecule has 1 aromatic carbocycles. The van der Waals surface area contributed by atoms with Gasteiger partial charge in [0.1, 0.15) is 10.7 Å². The molecule has 0 bridgehead atoms. The molecule has 0 aliphatic carbocycles. The van der Waals surface area contributed by atoms with Gasteiger partial charge in [-0.1, -0.05) is 38.1 Å². The summed E-state index contributed by atoms with van der Waals surface area (Å²) in [6.45, 7) is 4.78. The van der Waals surface area contributed by atoms with Crippen LogP contribution in [0.3, 0.4) is 0 Å². The molecule has 0 aliphatic rings. The molecule has 0 spiro atoms. The largest absolute Gasteiger partial charge is 0.347 e. The molecule has 124 valence electrons. The molecule has 6 heteroatoms. The van der Waals surface area contributed by atoms with Crippen molar-refractivity contribution in [1.29, 1.82) is 0 Å². The minimum absolute atomic E-state index is 0.124. The molecule has 1 amide bonds. The zero-order chi connectivity index (χ0) is 17.1. The number of carbonyl (C=O) groups is 1. The van der Waals surface area contributed by atoms with E-state index in [4.69, 9.17) is 0 Å². The lowest BCUT2D eigenvalue weighted by Gasteiger charge is -2.06. The fourth-order valence-corrected chi connectivity index (χ4v) is 3.31. The second-order valence-corrected chi connectivity index (χ2v) is 6.81. The molecule has 0 saturated carbocycles. The summed E-state index contributed by atoms with van der Waals surface area (Å²) in [5.74, 6) is 0.317. The summed E-state index contributed by atoms with van der Waals surface area (Å²) in [6.07, 6.45) is 1.61. The van der Waals surface area contributed by atoms with E-state index in [0.717, 1.165) is 21.8 Å². The second-order valence-electron chi connectivity index (χ2n) is 5.95. The molecule has 0 atom stereocenters. The van der Waals surface area contributed by atoms with Gasteiger partial charge in [-0.3, -0.25) is 9.48 Å². The van der Waals surface area contributed by atoms with Gasteiger partial charge in [0.15, 0.2) is 0 Å². The molecule has 3 aromatic rings. The number of hydrogen-bond donors (Lipinski definition) is 1. The number of carbonyl (C=O) groups excluding carboxylic acids is 1. The van der Waals surface area contributed by atoms with Crippen molar-refractivity contribution in [3.8, 4) is 10.6 Å². The van der Waals surface area contributed by atoms with E-state index in [9.17, 15) is 4.79 Å². The third kappa shape index (κ3) is 3.54. The summed E-state index contributed by atoms with van der Waals surface area (Å²) in [4.78, 5) is 16.7. The molecule has 0 radical (unpaired) electrons. The van der Waals surface area contributed by atoms with Gasteiger partial charge >= 0.3 is 0 Å². The number of hydrogen-bond acceptors (Lipinski definition) is 4. The minimum atomic E-state index is -0.124. The summed E-state index contributed by atoms with van der Waals surface area (Å²) in [7, 11) is 1.75. The fourth-order valence-electron chi connectivity index (χ4n) is 2.32. The van der Waals surface area contributed by atoms with Crippen molar-refractivity contribution in [2.75, 3.05) is 0 Å². The Labute approximate surface area is 145 Å². The van der Waals surface area contributed by atoms with E-state index in [0.29, 0.717) is 18.2 Å². The normalized spacial score (nSPS) is 11.0. The fraction of sp³-hybridized carbons (Fsp3) is 0.278. The third-order valence-corrected chi connectivity index (χ3v) is 4.73. The van der Waals surface area contributed by atoms with Gasteiger partial charge in [0, 0.05) is 30.7 Å². The number of amides is 1. The van der Waals surface area contributed by atoms with Gasteiger partial charge in [-0.2, -0.15) is 5.10 Å². The van der Waals surface area contributed by atoms with Crippen molar-refractivity contribution >= 4 is 17.2 Å². The van der Waals surface area contributed by atoms with Crippen molar-refractivity contribution in [2.24, 2.45) is 7.05 Å². The zero-order valence-electron chi connectivity index (χ0n) is 14.0. The Hall–Kier alpha value is -2.47. The quantitative estimate of drug-likeness (QED) is 0.772. The van der Waals surface area contributed by atoms with E-state index in [-0.39, 0.29) is 5.91 Å². The van der Waals surface area contributed by atoms with Gasteiger partial charge in [-0.15, -0.1) is 11.3 Å². The van der Waals surface area contributed by atoms with Gasteiger partial charge in [0.2, 0.25) is 0 Å². The van der Waals surface area contributed by atoms with Crippen molar-refractivity contribution in [3.05, 3.63) is 58.9 Å². The number of aryl methyl sites for hydroxylation is 1. The van der Waals surface area contributed by atoms with Gasteiger partial charge in [-0.05, 0) is 17.5 Å². The highest BCUT2D eigenvalue weighted by Crippen LogP contribution is 2.26. The molecule has 24 heavy (non-hydrogen) atoms. The minimum Gasteiger partial charge on any atom is -0.347 e. The van der Waals surface area contributed by atoms with Crippen LogP contribution in [-0.4, -0.2) is 20.7 Å². The van der Waals surface area contributed by atoms with Gasteiger partial charge in [-0.25, -0.2) is 4.98 Å². The summed E-state index contributed by atoms with van der Waals surface area (Å²) in [6, 6.07) is 9.85. The maximum Gasteiger partial charge on any atom is 0.269 e. The first-order chi connectivity index (χ1) is 11.5. The van der Waals surface area contributed by atoms with E-state index in [1.807, 2.05) is 12.1 Å². The summed E-state index contributed by atoms with van der Waals surface area (Å²) < 4.78 is 1.56. The molecule has 5 nitrogen and oxygen atoms in total. The highest BCUT2D eigenvalue weighted by Gasteiger charge is 2.10. The number of nitrogens with one attached hydrogen (secondary N) is 1. The lowest BCUT2D eigenvalue weighted by molar-refractivity contribution is 0.0941. The Morgan fingerprint density at radius 1 is 1.25 bits per heavy atom. The van der Waals surface area contributed by atoms with Crippen LogP contribution in [0.4, 0.5) is 0 Å². The van der Waals surface area contributed by atoms with Gasteiger partial charge in [0.25, 0.3) is 5.91 Å². The van der Waals surface area contributed by atoms with E-state index in [1.54, 1.807) is 35.3 Å². The van der Waals surface area contributed by atoms with E-state index < -0.39 is 0 Å².